The van der Waals surface area contributed by atoms with Crippen LogP contribution in [0.3, 0.4) is 0 Å². The summed E-state index contributed by atoms with van der Waals surface area (Å²) < 4.78 is 39.2. The Balaban J connectivity index is 1.96. The maximum absolute atomic E-state index is 12.9. The van der Waals surface area contributed by atoms with Crippen LogP contribution in [-0.4, -0.2) is 0 Å². The lowest BCUT2D eigenvalue weighted by atomic mass is 10.1. The Hall–Kier alpha value is -1.69. The number of benzene rings is 2. The number of hydrogen-bond donors (Lipinski definition) is 1. The van der Waals surface area contributed by atoms with E-state index in [9.17, 15) is 13.2 Å². The Labute approximate surface area is 128 Å². The summed E-state index contributed by atoms with van der Waals surface area (Å²) in [5.41, 5.74) is 8.46. The molecule has 0 bridgehead atoms. The molecule has 0 saturated heterocycles. The molecule has 0 aromatic heterocycles. The van der Waals surface area contributed by atoms with Crippen LogP contribution >= 0.6 is 15.9 Å². The minimum Gasteiger partial charge on any atom is -0.399 e. The molecule has 2 aromatic carbocycles. The lowest BCUT2D eigenvalue weighted by Crippen LogP contribution is -2.16. The van der Waals surface area contributed by atoms with Gasteiger partial charge in [0.05, 0.1) is 11.3 Å². The average Bonchev–Trinajstić information content (AvgIpc) is 2.80. The van der Waals surface area contributed by atoms with E-state index in [-0.39, 0.29) is 0 Å². The molecule has 0 unspecified atom stereocenters. The molecule has 1 aliphatic rings. The van der Waals surface area contributed by atoms with Crippen molar-refractivity contribution < 1.29 is 13.2 Å². The molecule has 2 nitrogen and oxygen atoms in total. The molecular formula is C15H12BrF3N2. The second kappa shape index (κ2) is 4.94. The van der Waals surface area contributed by atoms with Crippen LogP contribution in [0.15, 0.2) is 40.9 Å². The molecule has 21 heavy (non-hydrogen) atoms. The Bertz CT molecular complexity index is 698. The van der Waals surface area contributed by atoms with Crippen molar-refractivity contribution in [2.75, 3.05) is 10.6 Å². The molecule has 0 amide bonds. The summed E-state index contributed by atoms with van der Waals surface area (Å²) in [5, 5.41) is 0. The highest BCUT2D eigenvalue weighted by Crippen LogP contribution is 2.38. The Morgan fingerprint density at radius 2 is 1.71 bits per heavy atom. The van der Waals surface area contributed by atoms with Gasteiger partial charge in [0.15, 0.2) is 0 Å². The Morgan fingerprint density at radius 1 is 1.00 bits per heavy atom. The maximum Gasteiger partial charge on any atom is 0.416 e. The minimum atomic E-state index is -4.34. The van der Waals surface area contributed by atoms with E-state index in [1.807, 2.05) is 23.1 Å². The molecule has 0 aliphatic carbocycles. The number of nitrogen functional groups attached to an aromatic ring is 1. The molecule has 110 valence electrons. The Kier molecular flexibility index (Phi) is 3.36. The number of rotatable bonds is 1. The largest absolute Gasteiger partial charge is 0.416 e. The van der Waals surface area contributed by atoms with E-state index in [2.05, 4.69) is 15.9 Å². The number of nitrogens with zero attached hydrogens (tertiary/aromatic N) is 1. The molecule has 0 saturated carbocycles. The first-order chi connectivity index (χ1) is 9.84. The quantitative estimate of drug-likeness (QED) is 0.758. The first-order valence-corrected chi connectivity index (χ1v) is 7.13. The highest BCUT2D eigenvalue weighted by Gasteiger charge is 2.32. The SMILES string of the molecule is Nc1ccc2c(c1)CN(c1cc(C(F)(F)F)ccc1Br)C2. The van der Waals surface area contributed by atoms with E-state index >= 15 is 0 Å². The first-order valence-electron chi connectivity index (χ1n) is 6.33. The standard InChI is InChI=1S/C15H12BrF3N2/c16-13-4-2-11(15(17,18)19)6-14(13)21-7-9-1-3-12(20)5-10(9)8-21/h1-6H,7-8,20H2. The van der Waals surface area contributed by atoms with Crippen LogP contribution in [0.25, 0.3) is 0 Å². The van der Waals surface area contributed by atoms with Gasteiger partial charge in [-0.1, -0.05) is 6.07 Å². The third-order valence-electron chi connectivity index (χ3n) is 3.57. The van der Waals surface area contributed by atoms with E-state index < -0.39 is 11.7 Å². The zero-order chi connectivity index (χ0) is 15.2. The van der Waals surface area contributed by atoms with Gasteiger partial charge in [-0.05, 0) is 57.4 Å². The van der Waals surface area contributed by atoms with E-state index in [1.54, 1.807) is 0 Å². The average molecular weight is 357 g/mol. The predicted octanol–water partition coefficient (Wildman–Crippen LogP) is 4.57. The second-order valence-corrected chi connectivity index (χ2v) is 5.90. The molecule has 0 spiro atoms. The monoisotopic (exact) mass is 356 g/mol. The van der Waals surface area contributed by atoms with Gasteiger partial charge in [0.1, 0.15) is 0 Å². The van der Waals surface area contributed by atoms with Gasteiger partial charge in [-0.2, -0.15) is 13.2 Å². The van der Waals surface area contributed by atoms with Gasteiger partial charge in [0, 0.05) is 23.2 Å². The summed E-state index contributed by atoms with van der Waals surface area (Å²) in [4.78, 5) is 1.91. The molecule has 1 heterocycles. The van der Waals surface area contributed by atoms with Crippen LogP contribution < -0.4 is 10.6 Å². The fourth-order valence-corrected chi connectivity index (χ4v) is 3.01. The van der Waals surface area contributed by atoms with Gasteiger partial charge in [0.2, 0.25) is 0 Å². The number of hydrogen-bond acceptors (Lipinski definition) is 2. The molecular weight excluding hydrogens is 345 g/mol. The fraction of sp³-hybridized carbons (Fsp3) is 0.200. The number of alkyl halides is 3. The van der Waals surface area contributed by atoms with Crippen molar-refractivity contribution in [3.63, 3.8) is 0 Å². The topological polar surface area (TPSA) is 29.3 Å². The summed E-state index contributed by atoms with van der Waals surface area (Å²) in [6.45, 7) is 1.13. The van der Waals surface area contributed by atoms with E-state index in [4.69, 9.17) is 5.73 Å². The first kappa shape index (κ1) is 14.3. The summed E-state index contributed by atoms with van der Waals surface area (Å²) in [5.74, 6) is 0. The maximum atomic E-state index is 12.9. The van der Waals surface area contributed by atoms with Crippen molar-refractivity contribution in [1.82, 2.24) is 0 Å². The van der Waals surface area contributed by atoms with Crippen molar-refractivity contribution in [2.45, 2.75) is 19.3 Å². The summed E-state index contributed by atoms with van der Waals surface area (Å²) in [7, 11) is 0. The summed E-state index contributed by atoms with van der Waals surface area (Å²) in [6.07, 6.45) is -4.34. The molecule has 2 N–H and O–H groups in total. The lowest BCUT2D eigenvalue weighted by molar-refractivity contribution is -0.137. The van der Waals surface area contributed by atoms with E-state index in [0.29, 0.717) is 28.9 Å². The van der Waals surface area contributed by atoms with Crippen molar-refractivity contribution in [3.05, 3.63) is 57.6 Å². The predicted molar refractivity (Wildman–Crippen MR) is 79.9 cm³/mol. The highest BCUT2D eigenvalue weighted by molar-refractivity contribution is 9.10. The summed E-state index contributed by atoms with van der Waals surface area (Å²) in [6, 6.07) is 9.30. The number of anilines is 2. The van der Waals surface area contributed by atoms with Crippen LogP contribution in [0.4, 0.5) is 24.5 Å². The lowest BCUT2D eigenvalue weighted by Gasteiger charge is -2.21. The van der Waals surface area contributed by atoms with Crippen molar-refractivity contribution in [1.29, 1.82) is 0 Å². The van der Waals surface area contributed by atoms with E-state index in [1.165, 1.54) is 12.1 Å². The fourth-order valence-electron chi connectivity index (χ4n) is 2.52. The second-order valence-electron chi connectivity index (χ2n) is 5.05. The van der Waals surface area contributed by atoms with Crippen molar-refractivity contribution >= 4 is 27.3 Å². The van der Waals surface area contributed by atoms with Gasteiger partial charge < -0.3 is 10.6 Å². The molecule has 3 rings (SSSR count). The van der Waals surface area contributed by atoms with Gasteiger partial charge in [-0.15, -0.1) is 0 Å². The molecule has 6 heteroatoms. The van der Waals surface area contributed by atoms with Crippen LogP contribution in [0.5, 0.6) is 0 Å². The third-order valence-corrected chi connectivity index (χ3v) is 4.24. The van der Waals surface area contributed by atoms with Gasteiger partial charge >= 0.3 is 6.18 Å². The van der Waals surface area contributed by atoms with Crippen LogP contribution in [0.2, 0.25) is 0 Å². The zero-order valence-electron chi connectivity index (χ0n) is 10.9. The van der Waals surface area contributed by atoms with Crippen LogP contribution in [0.1, 0.15) is 16.7 Å². The molecule has 2 aromatic rings. The smallest absolute Gasteiger partial charge is 0.399 e. The Morgan fingerprint density at radius 3 is 2.43 bits per heavy atom. The van der Waals surface area contributed by atoms with Gasteiger partial charge in [0.25, 0.3) is 0 Å². The van der Waals surface area contributed by atoms with E-state index in [0.717, 1.165) is 17.2 Å². The van der Waals surface area contributed by atoms with Crippen molar-refractivity contribution in [2.24, 2.45) is 0 Å². The van der Waals surface area contributed by atoms with Gasteiger partial charge in [-0.25, -0.2) is 0 Å². The van der Waals surface area contributed by atoms with Gasteiger partial charge in [-0.3, -0.25) is 0 Å². The van der Waals surface area contributed by atoms with Crippen LogP contribution in [0, 0.1) is 0 Å². The minimum absolute atomic E-state index is 0.541. The van der Waals surface area contributed by atoms with Crippen LogP contribution in [-0.2, 0) is 19.3 Å². The molecule has 0 fully saturated rings. The van der Waals surface area contributed by atoms with Crippen molar-refractivity contribution in [3.8, 4) is 0 Å². The zero-order valence-corrected chi connectivity index (χ0v) is 12.5. The number of nitrogens with two attached hydrogens (primary N) is 1. The normalized spacial score (nSPS) is 14.4. The molecule has 1 aliphatic heterocycles. The number of halogens is 4. The molecule has 0 radical (unpaired) electrons. The molecule has 0 atom stereocenters. The number of fused-ring (bicyclic) bond motifs is 1. The highest BCUT2D eigenvalue weighted by atomic mass is 79.9. The third kappa shape index (κ3) is 2.72. The summed E-state index contributed by atoms with van der Waals surface area (Å²) >= 11 is 3.33.